The van der Waals surface area contributed by atoms with E-state index in [-0.39, 0.29) is 18.9 Å². The molecule has 0 radical (unpaired) electrons. The fourth-order valence-corrected chi connectivity index (χ4v) is 3.53. The minimum atomic E-state index is -0.688. The smallest absolute Gasteiger partial charge is 0.338 e. The number of halogens is 1. The summed E-state index contributed by atoms with van der Waals surface area (Å²) in [5.41, 5.74) is 2.19. The zero-order valence-corrected chi connectivity index (χ0v) is 19.2. The van der Waals surface area contributed by atoms with Crippen molar-refractivity contribution in [3.63, 3.8) is 0 Å². The molecule has 0 aromatic heterocycles. The molecule has 1 aliphatic rings. The lowest BCUT2D eigenvalue weighted by Gasteiger charge is -2.17. The van der Waals surface area contributed by atoms with Crippen LogP contribution in [0.2, 0.25) is 5.02 Å². The molecular formula is C24H25ClN2O6. The average Bonchev–Trinajstić information content (AvgIpc) is 3.20. The Kier molecular flexibility index (Phi) is 8.06. The van der Waals surface area contributed by atoms with Crippen LogP contribution in [0, 0.1) is 12.8 Å². The molecule has 1 aliphatic heterocycles. The topological polar surface area (TPSA) is 102 Å². The first-order valence-electron chi connectivity index (χ1n) is 10.6. The van der Waals surface area contributed by atoms with Crippen LogP contribution in [0.25, 0.3) is 0 Å². The summed E-state index contributed by atoms with van der Waals surface area (Å²) in [6.07, 6.45) is 0.708. The molecule has 0 bridgehead atoms. The van der Waals surface area contributed by atoms with Crippen LogP contribution >= 0.6 is 11.6 Å². The highest BCUT2D eigenvalue weighted by molar-refractivity contribution is 6.31. The minimum Gasteiger partial charge on any atom is -0.462 e. The molecule has 1 heterocycles. The number of nitrogens with one attached hydrogen (secondary N) is 1. The molecule has 1 atom stereocenters. The van der Waals surface area contributed by atoms with Gasteiger partial charge in [0.05, 0.1) is 18.1 Å². The Balaban J connectivity index is 1.53. The largest absolute Gasteiger partial charge is 0.462 e. The van der Waals surface area contributed by atoms with Crippen molar-refractivity contribution >= 4 is 46.7 Å². The predicted molar refractivity (Wildman–Crippen MR) is 123 cm³/mol. The number of esters is 2. The first-order chi connectivity index (χ1) is 15.8. The van der Waals surface area contributed by atoms with E-state index in [1.54, 1.807) is 49.4 Å². The Hall–Kier alpha value is -3.39. The van der Waals surface area contributed by atoms with Gasteiger partial charge in [-0.1, -0.05) is 24.6 Å². The predicted octanol–water partition coefficient (Wildman–Crippen LogP) is 3.75. The van der Waals surface area contributed by atoms with Gasteiger partial charge in [0.15, 0.2) is 6.61 Å². The molecule has 2 aromatic carbocycles. The van der Waals surface area contributed by atoms with Gasteiger partial charge in [0.1, 0.15) is 0 Å². The second-order valence-electron chi connectivity index (χ2n) is 7.66. The van der Waals surface area contributed by atoms with Gasteiger partial charge in [-0.05, 0) is 55.3 Å². The summed E-state index contributed by atoms with van der Waals surface area (Å²) in [7, 11) is 0. The van der Waals surface area contributed by atoms with E-state index in [0.29, 0.717) is 34.1 Å². The molecule has 3 rings (SSSR count). The Morgan fingerprint density at radius 3 is 2.55 bits per heavy atom. The summed E-state index contributed by atoms with van der Waals surface area (Å²) in [4.78, 5) is 50.4. The van der Waals surface area contributed by atoms with E-state index >= 15 is 0 Å². The lowest BCUT2D eigenvalue weighted by atomic mass is 10.1. The van der Waals surface area contributed by atoms with Gasteiger partial charge in [-0.25, -0.2) is 4.79 Å². The van der Waals surface area contributed by atoms with Crippen molar-refractivity contribution < 1.29 is 28.7 Å². The number of rotatable bonds is 8. The van der Waals surface area contributed by atoms with E-state index in [2.05, 4.69) is 5.32 Å². The van der Waals surface area contributed by atoms with E-state index in [0.717, 1.165) is 6.42 Å². The van der Waals surface area contributed by atoms with Gasteiger partial charge < -0.3 is 19.7 Å². The van der Waals surface area contributed by atoms with Gasteiger partial charge in [0.25, 0.3) is 5.91 Å². The van der Waals surface area contributed by atoms with Crippen molar-refractivity contribution in [2.45, 2.75) is 26.7 Å². The van der Waals surface area contributed by atoms with E-state index in [1.807, 2.05) is 6.92 Å². The van der Waals surface area contributed by atoms with Crippen LogP contribution in [-0.2, 0) is 23.9 Å². The normalized spacial score (nSPS) is 15.3. The molecule has 2 aromatic rings. The van der Waals surface area contributed by atoms with Crippen LogP contribution in [0.15, 0.2) is 42.5 Å². The van der Waals surface area contributed by atoms with Gasteiger partial charge in [-0.15, -0.1) is 0 Å². The van der Waals surface area contributed by atoms with Crippen molar-refractivity contribution in [1.29, 1.82) is 0 Å². The standard InChI is InChI=1S/C24H25ClN2O6/c1-3-11-32-23(30)16-7-9-18(10-8-16)27-13-17(12-22(27)29)24(31)33-14-21(28)26-20-6-4-5-19(25)15(20)2/h4-10,17H,3,11-14H2,1-2H3,(H,26,28)/t17-/m0/s1. The third-order valence-electron chi connectivity index (χ3n) is 5.20. The van der Waals surface area contributed by atoms with E-state index in [9.17, 15) is 19.2 Å². The molecule has 8 nitrogen and oxygen atoms in total. The summed E-state index contributed by atoms with van der Waals surface area (Å²) in [5, 5.41) is 3.17. The molecular weight excluding hydrogens is 448 g/mol. The summed E-state index contributed by atoms with van der Waals surface area (Å²) >= 11 is 6.04. The monoisotopic (exact) mass is 472 g/mol. The van der Waals surface area contributed by atoms with Crippen LogP contribution in [0.1, 0.15) is 35.7 Å². The van der Waals surface area contributed by atoms with Crippen LogP contribution in [0.5, 0.6) is 0 Å². The second kappa shape index (κ2) is 11.0. The van der Waals surface area contributed by atoms with Crippen LogP contribution in [-0.4, -0.2) is 43.5 Å². The second-order valence-corrected chi connectivity index (χ2v) is 8.06. The molecule has 0 aliphatic carbocycles. The Morgan fingerprint density at radius 1 is 1.12 bits per heavy atom. The number of benzene rings is 2. The Labute approximate surface area is 196 Å². The highest BCUT2D eigenvalue weighted by Gasteiger charge is 2.36. The van der Waals surface area contributed by atoms with Gasteiger partial charge in [-0.3, -0.25) is 14.4 Å². The highest BCUT2D eigenvalue weighted by atomic mass is 35.5. The highest BCUT2D eigenvalue weighted by Crippen LogP contribution is 2.27. The van der Waals surface area contributed by atoms with E-state index < -0.39 is 30.4 Å². The fourth-order valence-electron chi connectivity index (χ4n) is 3.35. The maximum Gasteiger partial charge on any atom is 0.338 e. The first kappa shape index (κ1) is 24.3. The van der Waals surface area contributed by atoms with Crippen molar-refractivity contribution in [2.75, 3.05) is 30.0 Å². The Morgan fingerprint density at radius 2 is 1.85 bits per heavy atom. The third kappa shape index (κ3) is 6.10. The summed E-state index contributed by atoms with van der Waals surface area (Å²) in [6, 6.07) is 11.5. The molecule has 1 N–H and O–H groups in total. The summed E-state index contributed by atoms with van der Waals surface area (Å²) in [5.74, 6) is -2.47. The fraction of sp³-hybridized carbons (Fsp3) is 0.333. The number of hydrogen-bond acceptors (Lipinski definition) is 6. The number of nitrogens with zero attached hydrogens (tertiary/aromatic N) is 1. The number of amides is 2. The summed E-state index contributed by atoms with van der Waals surface area (Å²) in [6.45, 7) is 3.68. The average molecular weight is 473 g/mol. The molecule has 174 valence electrons. The van der Waals surface area contributed by atoms with E-state index in [1.165, 1.54) is 4.90 Å². The quantitative estimate of drug-likeness (QED) is 0.587. The molecule has 0 saturated carbocycles. The van der Waals surface area contributed by atoms with Crippen molar-refractivity contribution in [2.24, 2.45) is 5.92 Å². The Bertz CT molecular complexity index is 1050. The molecule has 1 fully saturated rings. The van der Waals surface area contributed by atoms with Crippen LogP contribution < -0.4 is 10.2 Å². The SMILES string of the molecule is CCCOC(=O)c1ccc(N2C[C@@H](C(=O)OCC(=O)Nc3cccc(Cl)c3C)CC2=O)cc1. The molecule has 33 heavy (non-hydrogen) atoms. The maximum atomic E-state index is 12.4. The van der Waals surface area contributed by atoms with Crippen molar-refractivity contribution in [3.05, 3.63) is 58.6 Å². The molecule has 2 amide bonds. The number of carbonyl (C=O) groups is 4. The zero-order valence-electron chi connectivity index (χ0n) is 18.4. The van der Waals surface area contributed by atoms with Crippen LogP contribution in [0.4, 0.5) is 11.4 Å². The summed E-state index contributed by atoms with van der Waals surface area (Å²) < 4.78 is 10.2. The molecule has 1 saturated heterocycles. The minimum absolute atomic E-state index is 0.0197. The van der Waals surface area contributed by atoms with Crippen molar-refractivity contribution in [3.8, 4) is 0 Å². The molecule has 0 spiro atoms. The number of hydrogen-bond donors (Lipinski definition) is 1. The number of ether oxygens (including phenoxy) is 2. The number of anilines is 2. The molecule has 9 heteroatoms. The van der Waals surface area contributed by atoms with Gasteiger partial charge in [0.2, 0.25) is 5.91 Å². The zero-order chi connectivity index (χ0) is 24.0. The van der Waals surface area contributed by atoms with Crippen molar-refractivity contribution in [1.82, 2.24) is 0 Å². The maximum absolute atomic E-state index is 12.4. The molecule has 0 unspecified atom stereocenters. The lowest BCUT2D eigenvalue weighted by molar-refractivity contribution is -0.151. The van der Waals surface area contributed by atoms with Gasteiger partial charge in [-0.2, -0.15) is 0 Å². The third-order valence-corrected chi connectivity index (χ3v) is 5.61. The first-order valence-corrected chi connectivity index (χ1v) is 11.0. The van der Waals surface area contributed by atoms with Crippen LogP contribution in [0.3, 0.4) is 0 Å². The van der Waals surface area contributed by atoms with Gasteiger partial charge in [0, 0.05) is 29.4 Å². The van der Waals surface area contributed by atoms with Gasteiger partial charge >= 0.3 is 11.9 Å². The van der Waals surface area contributed by atoms with E-state index in [4.69, 9.17) is 21.1 Å². The number of carbonyl (C=O) groups excluding carboxylic acids is 4. The lowest BCUT2D eigenvalue weighted by Crippen LogP contribution is -2.28.